The molecule has 13 heteroatoms. The van der Waals surface area contributed by atoms with Gasteiger partial charge in [0, 0.05) is 5.56 Å². The normalized spacial score (nSPS) is 12.3. The van der Waals surface area contributed by atoms with E-state index in [0.29, 0.717) is 6.07 Å². The van der Waals surface area contributed by atoms with Crippen molar-refractivity contribution in [1.82, 2.24) is 15.4 Å². The Morgan fingerprint density at radius 3 is 2.23 bits per heavy atom. The van der Waals surface area contributed by atoms with E-state index in [-0.39, 0.29) is 0 Å². The molecule has 0 fully saturated rings. The van der Waals surface area contributed by atoms with E-state index in [4.69, 9.17) is 10.3 Å². The van der Waals surface area contributed by atoms with Gasteiger partial charge in [0.05, 0.1) is 4.90 Å². The Morgan fingerprint density at radius 1 is 1.09 bits per heavy atom. The summed E-state index contributed by atoms with van der Waals surface area (Å²) in [5, 5.41) is 8.95. The van der Waals surface area contributed by atoms with Gasteiger partial charge < -0.3 is 5.73 Å². The SMILES string of the molecule is NC(=O)c1n[nH]nc1-c1cc(S(=O)(=O)O)ccc1S(=O)(=O)O. The molecule has 1 aromatic carbocycles. The van der Waals surface area contributed by atoms with Crippen molar-refractivity contribution in [2.75, 3.05) is 0 Å². The van der Waals surface area contributed by atoms with E-state index in [0.717, 1.165) is 12.1 Å². The van der Waals surface area contributed by atoms with Gasteiger partial charge in [-0.25, -0.2) is 0 Å². The van der Waals surface area contributed by atoms with Gasteiger partial charge >= 0.3 is 0 Å². The molecule has 0 radical (unpaired) electrons. The van der Waals surface area contributed by atoms with Crippen LogP contribution in [0.1, 0.15) is 10.5 Å². The number of nitrogens with two attached hydrogens (primary N) is 1. The maximum atomic E-state index is 11.4. The molecule has 1 heterocycles. The van der Waals surface area contributed by atoms with Crippen LogP contribution in [0.3, 0.4) is 0 Å². The third-order valence-corrected chi connectivity index (χ3v) is 4.32. The van der Waals surface area contributed by atoms with Crippen molar-refractivity contribution in [3.05, 3.63) is 23.9 Å². The van der Waals surface area contributed by atoms with Gasteiger partial charge in [-0.1, -0.05) is 0 Å². The second-order valence-electron chi connectivity index (χ2n) is 3.99. The predicted octanol–water partition coefficient (Wildman–Crippen LogP) is -0.936. The van der Waals surface area contributed by atoms with Crippen LogP contribution >= 0.6 is 0 Å². The van der Waals surface area contributed by atoms with Gasteiger partial charge in [0.1, 0.15) is 10.6 Å². The van der Waals surface area contributed by atoms with Crippen LogP contribution in [0.15, 0.2) is 28.0 Å². The largest absolute Gasteiger partial charge is 0.364 e. The number of aromatic nitrogens is 3. The monoisotopic (exact) mass is 348 g/mol. The number of nitrogens with one attached hydrogen (secondary N) is 1. The first-order valence-corrected chi connectivity index (χ1v) is 8.20. The Kier molecular flexibility index (Phi) is 3.74. The Hall–Kier alpha value is -2.35. The first-order valence-electron chi connectivity index (χ1n) is 5.32. The van der Waals surface area contributed by atoms with Crippen LogP contribution < -0.4 is 5.73 Å². The Labute approximate surface area is 123 Å². The van der Waals surface area contributed by atoms with Crippen LogP contribution in [-0.4, -0.2) is 47.3 Å². The highest BCUT2D eigenvalue weighted by Gasteiger charge is 2.25. The Morgan fingerprint density at radius 2 is 1.73 bits per heavy atom. The van der Waals surface area contributed by atoms with Gasteiger partial charge in [0.2, 0.25) is 0 Å². The predicted molar refractivity (Wildman–Crippen MR) is 70.0 cm³/mol. The number of carbonyl (C=O) groups excluding carboxylic acids is 1. The fraction of sp³-hybridized carbons (Fsp3) is 0. The number of rotatable bonds is 4. The van der Waals surface area contributed by atoms with Crippen molar-refractivity contribution in [3.8, 4) is 11.3 Å². The second-order valence-corrected chi connectivity index (χ2v) is 6.80. The average molecular weight is 348 g/mol. The third kappa shape index (κ3) is 2.96. The molecule has 0 bridgehead atoms. The minimum atomic E-state index is -4.77. The van der Waals surface area contributed by atoms with E-state index >= 15 is 0 Å². The standard InChI is InChI=1S/C9H8N4O7S2/c10-9(14)8-7(11-13-12-8)5-3-4(21(15,16)17)1-2-6(5)22(18,19)20/h1-3H,(H2,10,14)(H,11,12,13)(H,15,16,17)(H,18,19,20). The van der Waals surface area contributed by atoms with Crippen molar-refractivity contribution < 1.29 is 30.7 Å². The average Bonchev–Trinajstić information content (AvgIpc) is 2.85. The third-order valence-electron chi connectivity index (χ3n) is 2.56. The molecule has 0 aliphatic heterocycles. The molecule has 2 rings (SSSR count). The van der Waals surface area contributed by atoms with Gasteiger partial charge in [-0.15, -0.1) is 0 Å². The molecule has 0 unspecified atom stereocenters. The highest BCUT2D eigenvalue weighted by atomic mass is 32.2. The van der Waals surface area contributed by atoms with Gasteiger partial charge in [-0.05, 0) is 18.2 Å². The highest BCUT2D eigenvalue weighted by Crippen LogP contribution is 2.30. The summed E-state index contributed by atoms with van der Waals surface area (Å²) in [6, 6.07) is 2.20. The lowest BCUT2D eigenvalue weighted by Gasteiger charge is -2.07. The molecule has 0 spiro atoms. The molecule has 0 atom stereocenters. The van der Waals surface area contributed by atoms with E-state index in [9.17, 15) is 26.2 Å². The van der Waals surface area contributed by atoms with E-state index in [1.165, 1.54) is 0 Å². The smallest absolute Gasteiger partial charge is 0.295 e. The van der Waals surface area contributed by atoms with Gasteiger partial charge in [0.25, 0.3) is 26.1 Å². The van der Waals surface area contributed by atoms with Crippen molar-refractivity contribution in [2.45, 2.75) is 9.79 Å². The van der Waals surface area contributed by atoms with Crippen molar-refractivity contribution >= 4 is 26.1 Å². The van der Waals surface area contributed by atoms with E-state index in [1.807, 2.05) is 5.21 Å². The summed E-state index contributed by atoms with van der Waals surface area (Å²) in [5.74, 6) is -1.07. The van der Waals surface area contributed by atoms with E-state index in [2.05, 4.69) is 10.2 Å². The summed E-state index contributed by atoms with van der Waals surface area (Å²) in [4.78, 5) is 9.81. The number of hydrogen-bond acceptors (Lipinski definition) is 7. The zero-order chi connectivity index (χ0) is 16.7. The minimum absolute atomic E-state index is 0.398. The zero-order valence-electron chi connectivity index (χ0n) is 10.5. The zero-order valence-corrected chi connectivity index (χ0v) is 12.1. The first kappa shape index (κ1) is 16.0. The lowest BCUT2D eigenvalue weighted by molar-refractivity contribution is 0.0996. The van der Waals surface area contributed by atoms with Gasteiger partial charge in [0.15, 0.2) is 5.69 Å². The molecular weight excluding hydrogens is 340 g/mol. The summed E-state index contributed by atoms with van der Waals surface area (Å²) < 4.78 is 63.2. The van der Waals surface area contributed by atoms with Crippen LogP contribution in [-0.2, 0) is 20.2 Å². The van der Waals surface area contributed by atoms with Crippen LogP contribution in [0.2, 0.25) is 0 Å². The molecule has 2 aromatic rings. The van der Waals surface area contributed by atoms with Crippen molar-refractivity contribution in [3.63, 3.8) is 0 Å². The van der Waals surface area contributed by atoms with Crippen LogP contribution in [0.4, 0.5) is 0 Å². The number of hydrogen-bond donors (Lipinski definition) is 4. The lowest BCUT2D eigenvalue weighted by atomic mass is 10.1. The van der Waals surface area contributed by atoms with Gasteiger partial charge in [-0.2, -0.15) is 32.2 Å². The van der Waals surface area contributed by atoms with Crippen LogP contribution in [0.5, 0.6) is 0 Å². The first-order chi connectivity index (χ1) is 10.0. The number of primary amides is 1. The minimum Gasteiger partial charge on any atom is -0.364 e. The second kappa shape index (κ2) is 5.13. The number of nitrogens with zero attached hydrogens (tertiary/aromatic N) is 2. The van der Waals surface area contributed by atoms with Crippen molar-refractivity contribution in [2.24, 2.45) is 5.73 Å². The number of benzene rings is 1. The number of carbonyl (C=O) groups is 1. The highest BCUT2D eigenvalue weighted by molar-refractivity contribution is 7.86. The van der Waals surface area contributed by atoms with E-state index < -0.39 is 52.9 Å². The molecule has 0 aliphatic rings. The molecule has 5 N–H and O–H groups in total. The fourth-order valence-electron chi connectivity index (χ4n) is 1.67. The maximum absolute atomic E-state index is 11.4. The molecule has 0 aliphatic carbocycles. The summed E-state index contributed by atoms with van der Waals surface area (Å²) in [5.41, 5.74) is 3.69. The topological polar surface area (TPSA) is 193 Å². The molecule has 11 nitrogen and oxygen atoms in total. The summed E-state index contributed by atoms with van der Waals surface area (Å²) in [7, 11) is -9.44. The summed E-state index contributed by atoms with van der Waals surface area (Å²) in [6.45, 7) is 0. The molecule has 22 heavy (non-hydrogen) atoms. The molecule has 1 amide bonds. The molecular formula is C9H8N4O7S2. The summed E-state index contributed by atoms with van der Waals surface area (Å²) in [6.07, 6.45) is 0. The maximum Gasteiger partial charge on any atom is 0.295 e. The quantitative estimate of drug-likeness (QED) is 0.504. The van der Waals surface area contributed by atoms with Crippen molar-refractivity contribution in [1.29, 1.82) is 0 Å². The van der Waals surface area contributed by atoms with E-state index in [1.54, 1.807) is 0 Å². The number of aromatic amines is 1. The number of H-pyrrole nitrogens is 1. The Bertz CT molecular complexity index is 962. The van der Waals surface area contributed by atoms with Crippen LogP contribution in [0, 0.1) is 0 Å². The van der Waals surface area contributed by atoms with Crippen LogP contribution in [0.25, 0.3) is 11.3 Å². The number of amides is 1. The Balaban J connectivity index is 2.87. The summed E-state index contributed by atoms with van der Waals surface area (Å²) >= 11 is 0. The van der Waals surface area contributed by atoms with Gasteiger partial charge in [-0.3, -0.25) is 13.9 Å². The molecule has 0 saturated heterocycles. The lowest BCUT2D eigenvalue weighted by Crippen LogP contribution is -2.13. The fourth-order valence-corrected chi connectivity index (χ4v) is 2.85. The molecule has 1 aromatic heterocycles. The molecule has 0 saturated carbocycles. The molecule has 118 valence electrons.